The van der Waals surface area contributed by atoms with E-state index in [0.717, 1.165) is 34.8 Å². The third kappa shape index (κ3) is 3.63. The Bertz CT molecular complexity index is 2940. The van der Waals surface area contributed by atoms with E-state index in [2.05, 4.69) is 146 Å². The fraction of sp³-hybridized carbons (Fsp3) is 0.192. The van der Waals surface area contributed by atoms with E-state index >= 15 is 0 Å². The van der Waals surface area contributed by atoms with Crippen molar-refractivity contribution in [3.8, 4) is 33.4 Å². The first-order valence-electron chi connectivity index (χ1n) is 19.8. The molecule has 9 aromatic rings. The van der Waals surface area contributed by atoms with Gasteiger partial charge in [0.15, 0.2) is 0 Å². The van der Waals surface area contributed by atoms with Crippen LogP contribution in [0.2, 0.25) is 0 Å². The number of furan rings is 1. The SMILES string of the molecule is c1ccc2c3c(ccc2c1)C1(c2ccc(-c4c5ccccc5c(-c5cccc6oc7ccccc7c56)c5ccccc45)cc2-3)C2CC3CC(C2)CC1C3. The minimum absolute atomic E-state index is 0.140. The Balaban J connectivity index is 1.11. The van der Waals surface area contributed by atoms with Crippen LogP contribution in [-0.4, -0.2) is 0 Å². The molecule has 0 amide bonds. The fourth-order valence-electron chi connectivity index (χ4n) is 12.8. The quantitative estimate of drug-likeness (QED) is 0.166. The van der Waals surface area contributed by atoms with Crippen LogP contribution in [0, 0.1) is 23.7 Å². The first-order chi connectivity index (χ1) is 26.3. The molecule has 0 unspecified atom stereocenters. The summed E-state index contributed by atoms with van der Waals surface area (Å²) in [6.45, 7) is 0. The van der Waals surface area contributed by atoms with Gasteiger partial charge in [0.2, 0.25) is 0 Å². The lowest BCUT2D eigenvalue weighted by molar-refractivity contribution is -0.0399. The summed E-state index contributed by atoms with van der Waals surface area (Å²) >= 11 is 0. The topological polar surface area (TPSA) is 13.1 Å². The van der Waals surface area contributed by atoms with E-state index in [9.17, 15) is 0 Å². The molecule has 4 bridgehead atoms. The summed E-state index contributed by atoms with van der Waals surface area (Å²) in [5.74, 6) is 3.34. The van der Waals surface area contributed by atoms with Crippen LogP contribution in [0.15, 0.2) is 150 Å². The zero-order valence-corrected chi connectivity index (χ0v) is 29.6. The van der Waals surface area contributed by atoms with Crippen LogP contribution < -0.4 is 0 Å². The van der Waals surface area contributed by atoms with Crippen molar-refractivity contribution in [1.82, 2.24) is 0 Å². The third-order valence-electron chi connectivity index (χ3n) is 14.4. The van der Waals surface area contributed by atoms with Gasteiger partial charge in [0.05, 0.1) is 0 Å². The molecule has 4 saturated carbocycles. The van der Waals surface area contributed by atoms with Gasteiger partial charge >= 0.3 is 0 Å². The summed E-state index contributed by atoms with van der Waals surface area (Å²) in [4.78, 5) is 0. The highest BCUT2D eigenvalue weighted by Gasteiger charge is 2.61. The first-order valence-corrected chi connectivity index (χ1v) is 19.8. The molecule has 0 radical (unpaired) electrons. The molecule has 1 heterocycles. The van der Waals surface area contributed by atoms with Crippen LogP contribution >= 0.6 is 0 Å². The van der Waals surface area contributed by atoms with Gasteiger partial charge in [-0.3, -0.25) is 0 Å². The maximum absolute atomic E-state index is 6.42. The van der Waals surface area contributed by atoms with Crippen molar-refractivity contribution in [2.75, 3.05) is 0 Å². The van der Waals surface area contributed by atoms with Crippen molar-refractivity contribution in [2.24, 2.45) is 23.7 Å². The molecule has 8 aromatic carbocycles. The Labute approximate surface area is 308 Å². The first kappa shape index (κ1) is 28.9. The summed E-state index contributed by atoms with van der Waals surface area (Å²) in [6, 6.07) is 55.1. The lowest BCUT2D eigenvalue weighted by Gasteiger charge is -2.61. The average molecular weight is 679 g/mol. The van der Waals surface area contributed by atoms with Gasteiger partial charge in [0.25, 0.3) is 0 Å². The number of benzene rings is 8. The molecule has 0 atom stereocenters. The summed E-state index contributed by atoms with van der Waals surface area (Å²) in [5, 5.41) is 10.3. The molecular formula is C52H38O. The fourth-order valence-corrected chi connectivity index (χ4v) is 12.8. The minimum Gasteiger partial charge on any atom is -0.456 e. The van der Waals surface area contributed by atoms with E-state index in [1.54, 1.807) is 11.1 Å². The molecule has 0 N–H and O–H groups in total. The lowest BCUT2D eigenvalue weighted by Crippen LogP contribution is -2.55. The van der Waals surface area contributed by atoms with E-state index < -0.39 is 0 Å². The van der Waals surface area contributed by atoms with Crippen molar-refractivity contribution < 1.29 is 4.42 Å². The number of para-hydroxylation sites is 1. The number of hydrogen-bond acceptors (Lipinski definition) is 1. The monoisotopic (exact) mass is 678 g/mol. The molecule has 4 fully saturated rings. The Kier molecular flexibility index (Phi) is 5.59. The second kappa shape index (κ2) is 10.3. The second-order valence-corrected chi connectivity index (χ2v) is 16.8. The maximum Gasteiger partial charge on any atom is 0.136 e. The highest BCUT2D eigenvalue weighted by Crippen LogP contribution is 2.70. The second-order valence-electron chi connectivity index (χ2n) is 16.8. The van der Waals surface area contributed by atoms with Crippen molar-refractivity contribution in [2.45, 2.75) is 37.5 Å². The van der Waals surface area contributed by atoms with Crippen molar-refractivity contribution in [3.63, 3.8) is 0 Å². The van der Waals surface area contributed by atoms with Crippen LogP contribution in [0.1, 0.15) is 43.2 Å². The molecule has 1 nitrogen and oxygen atoms in total. The summed E-state index contributed by atoms with van der Waals surface area (Å²) in [5.41, 5.74) is 13.4. The van der Waals surface area contributed by atoms with Gasteiger partial charge in [-0.1, -0.05) is 127 Å². The Morgan fingerprint density at radius 1 is 0.415 bits per heavy atom. The molecule has 0 saturated heterocycles. The smallest absolute Gasteiger partial charge is 0.136 e. The number of rotatable bonds is 2. The number of fused-ring (bicyclic) bond motifs is 10. The van der Waals surface area contributed by atoms with Crippen LogP contribution in [-0.2, 0) is 5.41 Å². The van der Waals surface area contributed by atoms with E-state index in [1.807, 2.05) is 0 Å². The minimum atomic E-state index is 0.140. The molecule has 1 heteroatoms. The van der Waals surface area contributed by atoms with Gasteiger partial charge in [0, 0.05) is 16.2 Å². The van der Waals surface area contributed by atoms with Crippen LogP contribution in [0.3, 0.4) is 0 Å². The molecular weight excluding hydrogens is 641 g/mol. The third-order valence-corrected chi connectivity index (χ3v) is 14.4. The Morgan fingerprint density at radius 2 is 1.00 bits per heavy atom. The predicted molar refractivity (Wildman–Crippen MR) is 220 cm³/mol. The highest BCUT2D eigenvalue weighted by atomic mass is 16.3. The zero-order chi connectivity index (χ0) is 34.4. The largest absolute Gasteiger partial charge is 0.456 e. The normalized spacial score (nSPS) is 23.9. The summed E-state index contributed by atoms with van der Waals surface area (Å²) < 4.78 is 6.42. The standard InChI is InChI=1S/C52H38O/c1-2-11-36-32(10-1)20-23-45-50(36)43-29-33(21-22-44(43)52(45)34-25-30-24-31(27-34)28-35(52)26-30)48-37-12-3-5-14-39(37)49(40-15-6-4-13-38(40)48)42-17-9-19-47-51(42)41-16-7-8-18-46(41)53-47/h1-23,29-31,34-35H,24-28H2. The van der Waals surface area contributed by atoms with Crippen LogP contribution in [0.25, 0.3) is 87.6 Å². The van der Waals surface area contributed by atoms with Crippen LogP contribution in [0.5, 0.6) is 0 Å². The van der Waals surface area contributed by atoms with Gasteiger partial charge in [-0.15, -0.1) is 0 Å². The van der Waals surface area contributed by atoms with Crippen molar-refractivity contribution in [1.29, 1.82) is 0 Å². The van der Waals surface area contributed by atoms with E-state index in [0.29, 0.717) is 0 Å². The summed E-state index contributed by atoms with van der Waals surface area (Å²) in [7, 11) is 0. The average Bonchev–Trinajstić information content (AvgIpc) is 3.73. The Hall–Kier alpha value is -5.66. The van der Waals surface area contributed by atoms with E-state index in [4.69, 9.17) is 4.42 Å². The van der Waals surface area contributed by atoms with Gasteiger partial charge in [0.1, 0.15) is 11.2 Å². The molecule has 0 aliphatic heterocycles. The zero-order valence-electron chi connectivity index (χ0n) is 29.6. The highest BCUT2D eigenvalue weighted by molar-refractivity contribution is 6.25. The molecule has 1 spiro atoms. The van der Waals surface area contributed by atoms with Gasteiger partial charge in [-0.25, -0.2) is 0 Å². The van der Waals surface area contributed by atoms with E-state index in [1.165, 1.54) is 109 Å². The molecule has 1 aromatic heterocycles. The molecule has 14 rings (SSSR count). The van der Waals surface area contributed by atoms with Gasteiger partial charge in [-0.2, -0.15) is 0 Å². The molecule has 5 aliphatic carbocycles. The van der Waals surface area contributed by atoms with Crippen molar-refractivity contribution in [3.05, 3.63) is 157 Å². The lowest BCUT2D eigenvalue weighted by atomic mass is 9.43. The van der Waals surface area contributed by atoms with E-state index in [-0.39, 0.29) is 5.41 Å². The summed E-state index contributed by atoms with van der Waals surface area (Å²) in [6.07, 6.45) is 7.07. The Morgan fingerprint density at radius 3 is 1.72 bits per heavy atom. The molecule has 5 aliphatic rings. The molecule has 252 valence electrons. The van der Waals surface area contributed by atoms with Gasteiger partial charge < -0.3 is 4.42 Å². The number of hydrogen-bond donors (Lipinski definition) is 0. The van der Waals surface area contributed by atoms with Gasteiger partial charge in [-0.05, 0) is 151 Å². The predicted octanol–water partition coefficient (Wildman–Crippen LogP) is 14.1. The molecule has 53 heavy (non-hydrogen) atoms. The van der Waals surface area contributed by atoms with Crippen LogP contribution in [0.4, 0.5) is 0 Å². The van der Waals surface area contributed by atoms with Crippen molar-refractivity contribution >= 4 is 54.3 Å². The maximum atomic E-state index is 6.42.